The average molecular weight is 315 g/mol. The predicted octanol–water partition coefficient (Wildman–Crippen LogP) is 3.70. The average Bonchev–Trinajstić information content (AvgIpc) is 2.47. The third-order valence-electron chi connectivity index (χ3n) is 3.78. The lowest BCUT2D eigenvalue weighted by molar-refractivity contribution is 0.0786. The highest BCUT2D eigenvalue weighted by atomic mass is 19.1. The minimum atomic E-state index is -0.973. The molecular formula is C18H15F2NO2. The van der Waals surface area contributed by atoms with Crippen LogP contribution in [0.4, 0.5) is 8.78 Å². The minimum Gasteiger partial charge on any atom is -0.386 e. The van der Waals surface area contributed by atoms with Gasteiger partial charge in [0, 0.05) is 17.1 Å². The lowest BCUT2D eigenvalue weighted by Gasteiger charge is -2.17. The highest BCUT2D eigenvalue weighted by Gasteiger charge is 2.16. The Balaban J connectivity index is 2.16. The molecule has 0 spiro atoms. The number of pyridine rings is 1. The van der Waals surface area contributed by atoms with Gasteiger partial charge in [-0.3, -0.25) is 4.79 Å². The first-order valence-electron chi connectivity index (χ1n) is 7.11. The number of H-pyrrole nitrogens is 1. The lowest BCUT2D eigenvalue weighted by atomic mass is 9.96. The van der Waals surface area contributed by atoms with Gasteiger partial charge >= 0.3 is 0 Å². The molecule has 1 aromatic heterocycles. The summed E-state index contributed by atoms with van der Waals surface area (Å²) in [5, 5.41) is 9.99. The van der Waals surface area contributed by atoms with Crippen molar-refractivity contribution in [1.29, 1.82) is 0 Å². The SMILES string of the molecule is CC(C)(O)c1ccc(-c2cc3c(F)cc(F)cc3c(=O)[nH]2)cc1. The van der Waals surface area contributed by atoms with E-state index in [1.165, 1.54) is 6.07 Å². The van der Waals surface area contributed by atoms with Gasteiger partial charge in [0.05, 0.1) is 11.0 Å². The van der Waals surface area contributed by atoms with Gasteiger partial charge in [0.25, 0.3) is 5.56 Å². The zero-order chi connectivity index (χ0) is 16.8. The van der Waals surface area contributed by atoms with Crippen molar-refractivity contribution in [2.75, 3.05) is 0 Å². The van der Waals surface area contributed by atoms with Gasteiger partial charge in [-0.2, -0.15) is 0 Å². The van der Waals surface area contributed by atoms with E-state index < -0.39 is 22.8 Å². The van der Waals surface area contributed by atoms with E-state index in [4.69, 9.17) is 0 Å². The highest BCUT2D eigenvalue weighted by molar-refractivity contribution is 5.85. The van der Waals surface area contributed by atoms with E-state index in [-0.39, 0.29) is 10.8 Å². The van der Waals surface area contributed by atoms with Crippen LogP contribution in [0.3, 0.4) is 0 Å². The molecule has 3 rings (SSSR count). The van der Waals surface area contributed by atoms with Crippen LogP contribution in [0.5, 0.6) is 0 Å². The van der Waals surface area contributed by atoms with E-state index in [1.54, 1.807) is 38.1 Å². The van der Waals surface area contributed by atoms with Crippen molar-refractivity contribution in [1.82, 2.24) is 4.98 Å². The second-order valence-electron chi connectivity index (χ2n) is 6.00. The molecular weight excluding hydrogens is 300 g/mol. The van der Waals surface area contributed by atoms with Crippen LogP contribution in [0.25, 0.3) is 22.0 Å². The fourth-order valence-corrected chi connectivity index (χ4v) is 2.50. The molecule has 0 atom stereocenters. The summed E-state index contributed by atoms with van der Waals surface area (Å²) in [4.78, 5) is 14.7. The van der Waals surface area contributed by atoms with Gasteiger partial charge in [0.1, 0.15) is 11.6 Å². The van der Waals surface area contributed by atoms with E-state index in [9.17, 15) is 18.7 Å². The Morgan fingerprint density at radius 2 is 1.65 bits per heavy atom. The number of halogens is 2. The van der Waals surface area contributed by atoms with Crippen LogP contribution < -0.4 is 5.56 Å². The van der Waals surface area contributed by atoms with Crippen LogP contribution >= 0.6 is 0 Å². The van der Waals surface area contributed by atoms with Gasteiger partial charge in [0.15, 0.2) is 0 Å². The molecule has 0 radical (unpaired) electrons. The number of hydrogen-bond acceptors (Lipinski definition) is 2. The molecule has 0 unspecified atom stereocenters. The van der Waals surface area contributed by atoms with Crippen LogP contribution in [0.2, 0.25) is 0 Å². The number of hydrogen-bond donors (Lipinski definition) is 2. The first kappa shape index (κ1) is 15.4. The van der Waals surface area contributed by atoms with Crippen molar-refractivity contribution in [3.05, 3.63) is 70.0 Å². The van der Waals surface area contributed by atoms with Crippen LogP contribution in [0.1, 0.15) is 19.4 Å². The molecule has 0 aliphatic carbocycles. The monoisotopic (exact) mass is 315 g/mol. The number of fused-ring (bicyclic) bond motifs is 1. The van der Waals surface area contributed by atoms with Gasteiger partial charge in [-0.15, -0.1) is 0 Å². The van der Waals surface area contributed by atoms with Crippen LogP contribution in [-0.2, 0) is 5.60 Å². The zero-order valence-electron chi connectivity index (χ0n) is 12.7. The van der Waals surface area contributed by atoms with E-state index in [0.29, 0.717) is 11.3 Å². The molecule has 2 N–H and O–H groups in total. The lowest BCUT2D eigenvalue weighted by Crippen LogP contribution is -2.15. The number of aromatic amines is 1. The van der Waals surface area contributed by atoms with E-state index in [1.807, 2.05) is 0 Å². The summed E-state index contributed by atoms with van der Waals surface area (Å²) in [6.07, 6.45) is 0. The van der Waals surface area contributed by atoms with Gasteiger partial charge in [-0.25, -0.2) is 8.78 Å². The van der Waals surface area contributed by atoms with E-state index in [0.717, 1.165) is 17.7 Å². The third kappa shape index (κ3) is 2.87. The molecule has 0 saturated carbocycles. The van der Waals surface area contributed by atoms with Gasteiger partial charge in [0.2, 0.25) is 0 Å². The van der Waals surface area contributed by atoms with E-state index >= 15 is 0 Å². The topological polar surface area (TPSA) is 53.1 Å². The summed E-state index contributed by atoms with van der Waals surface area (Å²) in [6, 6.07) is 10.2. The molecule has 3 nitrogen and oxygen atoms in total. The van der Waals surface area contributed by atoms with Gasteiger partial charge in [-0.1, -0.05) is 24.3 Å². The largest absolute Gasteiger partial charge is 0.386 e. The van der Waals surface area contributed by atoms with Crippen LogP contribution in [-0.4, -0.2) is 10.1 Å². The summed E-state index contributed by atoms with van der Waals surface area (Å²) < 4.78 is 27.2. The summed E-state index contributed by atoms with van der Waals surface area (Å²) in [6.45, 7) is 3.34. The van der Waals surface area contributed by atoms with Gasteiger partial charge < -0.3 is 10.1 Å². The molecule has 1 heterocycles. The molecule has 0 fully saturated rings. The summed E-state index contributed by atoms with van der Waals surface area (Å²) in [5.41, 5.74) is 0.287. The molecule has 0 saturated heterocycles. The predicted molar refractivity (Wildman–Crippen MR) is 85.2 cm³/mol. The molecule has 5 heteroatoms. The van der Waals surface area contributed by atoms with Crippen molar-refractivity contribution in [2.45, 2.75) is 19.4 Å². The van der Waals surface area contributed by atoms with Crippen LogP contribution in [0.15, 0.2) is 47.3 Å². The fourth-order valence-electron chi connectivity index (χ4n) is 2.50. The second kappa shape index (κ2) is 5.28. The number of benzene rings is 2. The van der Waals surface area contributed by atoms with Crippen LogP contribution in [0, 0.1) is 11.6 Å². The second-order valence-corrected chi connectivity index (χ2v) is 6.00. The minimum absolute atomic E-state index is 0.0284. The number of nitrogens with one attached hydrogen (secondary N) is 1. The maximum absolute atomic E-state index is 13.9. The Bertz CT molecular complexity index is 938. The molecule has 0 amide bonds. The quantitative estimate of drug-likeness (QED) is 0.757. The van der Waals surface area contributed by atoms with Crippen molar-refractivity contribution in [3.63, 3.8) is 0 Å². The molecule has 0 bridgehead atoms. The Kier molecular flexibility index (Phi) is 3.53. The Morgan fingerprint density at radius 1 is 1.00 bits per heavy atom. The van der Waals surface area contributed by atoms with E-state index in [2.05, 4.69) is 4.98 Å². The molecule has 3 aromatic rings. The number of aromatic nitrogens is 1. The normalized spacial score (nSPS) is 11.9. The molecule has 2 aromatic carbocycles. The molecule has 23 heavy (non-hydrogen) atoms. The summed E-state index contributed by atoms with van der Waals surface area (Å²) in [7, 11) is 0. The first-order chi connectivity index (χ1) is 10.8. The first-order valence-corrected chi connectivity index (χ1v) is 7.11. The van der Waals surface area contributed by atoms with Crippen molar-refractivity contribution in [2.24, 2.45) is 0 Å². The third-order valence-corrected chi connectivity index (χ3v) is 3.78. The summed E-state index contributed by atoms with van der Waals surface area (Å²) in [5.74, 6) is -1.57. The van der Waals surface area contributed by atoms with Crippen molar-refractivity contribution in [3.8, 4) is 11.3 Å². The standard InChI is InChI=1S/C18H15F2NO2/c1-18(2,23)11-5-3-10(4-6-11)16-9-13-14(17(22)21-16)7-12(19)8-15(13)20/h3-9,23H,1-2H3,(H,21,22). The maximum Gasteiger partial charge on any atom is 0.256 e. The molecule has 0 aliphatic rings. The Hall–Kier alpha value is -2.53. The fraction of sp³-hybridized carbons (Fsp3) is 0.167. The Labute approximate surface area is 131 Å². The number of rotatable bonds is 2. The molecule has 0 aliphatic heterocycles. The number of aliphatic hydroxyl groups is 1. The zero-order valence-corrected chi connectivity index (χ0v) is 12.7. The Morgan fingerprint density at radius 3 is 2.26 bits per heavy atom. The highest BCUT2D eigenvalue weighted by Crippen LogP contribution is 2.25. The van der Waals surface area contributed by atoms with Crippen molar-refractivity contribution >= 4 is 10.8 Å². The van der Waals surface area contributed by atoms with Gasteiger partial charge in [-0.05, 0) is 37.1 Å². The van der Waals surface area contributed by atoms with Crippen molar-refractivity contribution < 1.29 is 13.9 Å². The molecule has 118 valence electrons. The maximum atomic E-state index is 13.9. The smallest absolute Gasteiger partial charge is 0.256 e. The summed E-state index contributed by atoms with van der Waals surface area (Å²) >= 11 is 0.